The van der Waals surface area contributed by atoms with Gasteiger partial charge >= 0.3 is 0 Å². The molecule has 1 aliphatic carbocycles. The van der Waals surface area contributed by atoms with Crippen molar-refractivity contribution in [1.29, 1.82) is 0 Å². The Hall–Kier alpha value is -3.45. The van der Waals surface area contributed by atoms with E-state index in [1.807, 2.05) is 17.9 Å². The molecule has 0 spiro atoms. The topological polar surface area (TPSA) is 115 Å². The molecule has 6 heterocycles. The van der Waals surface area contributed by atoms with Crippen molar-refractivity contribution in [3.05, 3.63) is 51.5 Å². The van der Waals surface area contributed by atoms with Gasteiger partial charge in [0, 0.05) is 73.5 Å². The molecule has 2 N–H and O–H groups in total. The van der Waals surface area contributed by atoms with E-state index in [-0.39, 0.29) is 80.4 Å². The van der Waals surface area contributed by atoms with E-state index >= 15 is 0 Å². The highest BCUT2D eigenvalue weighted by molar-refractivity contribution is 7.11. The molecule has 2 aromatic rings. The number of hydrogen-bond acceptors (Lipinski definition) is 7. The van der Waals surface area contributed by atoms with Crippen LogP contribution in [0.4, 0.5) is 8.78 Å². The van der Waals surface area contributed by atoms with Crippen molar-refractivity contribution in [2.24, 2.45) is 0 Å². The van der Waals surface area contributed by atoms with Crippen LogP contribution < -0.4 is 10.6 Å². The Labute approximate surface area is 277 Å². The molecule has 47 heavy (non-hydrogen) atoms. The van der Waals surface area contributed by atoms with E-state index in [1.165, 1.54) is 4.90 Å². The Morgan fingerprint density at radius 1 is 0.957 bits per heavy atom. The van der Waals surface area contributed by atoms with E-state index in [4.69, 9.17) is 4.98 Å². The van der Waals surface area contributed by atoms with Crippen LogP contribution in [0.1, 0.15) is 83.2 Å². The first kappa shape index (κ1) is 32.1. The average Bonchev–Trinajstić information content (AvgIpc) is 3.78. The average molecular weight is 669 g/mol. The number of nitrogens with one attached hydrogen (secondary N) is 2. The number of carbonyl (C=O) groups excluding carboxylic acids is 4. The molecule has 1 aromatic heterocycles. The van der Waals surface area contributed by atoms with Gasteiger partial charge in [-0.3, -0.25) is 19.2 Å². The van der Waals surface area contributed by atoms with Gasteiger partial charge in [0.2, 0.25) is 23.6 Å². The maximum atomic E-state index is 14.6. The molecule has 5 aliphatic heterocycles. The van der Waals surface area contributed by atoms with Gasteiger partial charge in [0.1, 0.15) is 12.1 Å². The number of rotatable bonds is 3. The van der Waals surface area contributed by atoms with Gasteiger partial charge in [0.05, 0.1) is 17.1 Å². The summed E-state index contributed by atoms with van der Waals surface area (Å²) in [5.74, 6) is -3.39. The highest BCUT2D eigenvalue weighted by Gasteiger charge is 2.49. The van der Waals surface area contributed by atoms with E-state index in [1.54, 1.807) is 40.5 Å². The van der Waals surface area contributed by atoms with Crippen molar-refractivity contribution in [3.8, 4) is 0 Å². The molecule has 10 nitrogen and oxygen atoms in total. The quantitative estimate of drug-likeness (QED) is 0.520. The minimum Gasteiger partial charge on any atom is -0.351 e. The number of hydrogen-bond donors (Lipinski definition) is 2. The summed E-state index contributed by atoms with van der Waals surface area (Å²) >= 11 is 1.61. The van der Waals surface area contributed by atoms with E-state index in [2.05, 4.69) is 10.6 Å². The van der Waals surface area contributed by atoms with Crippen LogP contribution in [-0.4, -0.2) is 106 Å². The Morgan fingerprint density at radius 2 is 1.68 bits per heavy atom. The van der Waals surface area contributed by atoms with Crippen LogP contribution in [0.3, 0.4) is 0 Å². The van der Waals surface area contributed by atoms with Crippen LogP contribution in [0.5, 0.6) is 0 Å². The number of carbonyl (C=O) groups is 4. The molecule has 4 atom stereocenters. The van der Waals surface area contributed by atoms with Crippen LogP contribution in [0.25, 0.3) is 0 Å². The van der Waals surface area contributed by atoms with Crippen LogP contribution >= 0.6 is 11.3 Å². The molecule has 4 amide bonds. The second-order valence-corrected chi connectivity index (χ2v) is 15.1. The fraction of sp³-hybridized carbons (Fsp3) is 0.618. The fourth-order valence-electron chi connectivity index (χ4n) is 8.09. The van der Waals surface area contributed by atoms with Gasteiger partial charge in [0.25, 0.3) is 5.91 Å². The maximum Gasteiger partial charge on any atom is 0.254 e. The second kappa shape index (κ2) is 12.9. The molecule has 1 aromatic carbocycles. The third-order valence-corrected chi connectivity index (χ3v) is 11.9. The summed E-state index contributed by atoms with van der Waals surface area (Å²) in [6.07, 6.45) is 2.54. The van der Waals surface area contributed by atoms with Crippen molar-refractivity contribution in [3.63, 3.8) is 0 Å². The largest absolute Gasteiger partial charge is 0.351 e. The molecular formula is C34H42F2N6O4S. The zero-order valence-corrected chi connectivity index (χ0v) is 27.4. The molecule has 0 radical (unpaired) electrons. The molecule has 1 saturated carbocycles. The summed E-state index contributed by atoms with van der Waals surface area (Å²) in [5, 5.41) is 7.57. The zero-order valence-electron chi connectivity index (χ0n) is 26.6. The van der Waals surface area contributed by atoms with Crippen molar-refractivity contribution in [2.75, 3.05) is 26.2 Å². The Morgan fingerprint density at radius 3 is 2.40 bits per heavy atom. The Balaban J connectivity index is 1.19. The minimum absolute atomic E-state index is 0.111. The molecule has 3 saturated heterocycles. The number of nitrogens with zero attached hydrogens (tertiary/aromatic N) is 4. The van der Waals surface area contributed by atoms with Crippen LogP contribution in [0.2, 0.25) is 0 Å². The Bertz CT molecular complexity index is 1520. The van der Waals surface area contributed by atoms with E-state index < -0.39 is 24.0 Å². The number of aromatic nitrogens is 1. The lowest BCUT2D eigenvalue weighted by Gasteiger charge is -2.36. The fourth-order valence-corrected chi connectivity index (χ4v) is 9.20. The molecule has 6 aliphatic rings. The van der Waals surface area contributed by atoms with Crippen LogP contribution in [0.15, 0.2) is 30.3 Å². The van der Waals surface area contributed by atoms with Gasteiger partial charge in [-0.2, -0.15) is 0 Å². The van der Waals surface area contributed by atoms with Crippen molar-refractivity contribution in [1.82, 2.24) is 30.3 Å². The predicted molar refractivity (Wildman–Crippen MR) is 171 cm³/mol. The number of amides is 4. The van der Waals surface area contributed by atoms with Crippen LogP contribution in [-0.2, 0) is 20.8 Å². The lowest BCUT2D eigenvalue weighted by atomic mass is 9.91. The monoisotopic (exact) mass is 668 g/mol. The number of likely N-dealkylation sites (tertiary alicyclic amines) is 1. The van der Waals surface area contributed by atoms with Gasteiger partial charge in [-0.1, -0.05) is 18.2 Å². The molecule has 252 valence electrons. The molecule has 0 unspecified atom stereocenters. The molecule has 6 bridgehead atoms. The normalized spacial score (nSPS) is 28.8. The smallest absolute Gasteiger partial charge is 0.254 e. The third kappa shape index (κ3) is 6.65. The SMILES string of the molecule is Cc1sc2nc1CC(=O)N[C@H]1C[C@@H](C(=O)N3C[C@@H](NC4CCC(F)(F)CC4)C[C@H]3C(=O)N3CCC2CC3)N(C(=O)c2ccccc2)C1. The minimum atomic E-state index is -2.65. The predicted octanol–water partition coefficient (Wildman–Crippen LogP) is 3.25. The van der Waals surface area contributed by atoms with E-state index in [0.717, 1.165) is 28.4 Å². The maximum absolute atomic E-state index is 14.6. The van der Waals surface area contributed by atoms with Crippen molar-refractivity contribution >= 4 is 35.0 Å². The van der Waals surface area contributed by atoms with E-state index in [9.17, 15) is 28.0 Å². The number of benzene rings is 1. The third-order valence-electron chi connectivity index (χ3n) is 10.7. The summed E-state index contributed by atoms with van der Waals surface area (Å²) in [4.78, 5) is 66.8. The van der Waals surface area contributed by atoms with Gasteiger partial charge in [-0.25, -0.2) is 13.8 Å². The number of halogens is 2. The summed E-state index contributed by atoms with van der Waals surface area (Å²) in [6.45, 7) is 3.46. The van der Waals surface area contributed by atoms with Crippen molar-refractivity contribution < 1.29 is 28.0 Å². The number of fused-ring (bicyclic) bond motifs is 4. The van der Waals surface area contributed by atoms with Crippen LogP contribution in [0, 0.1) is 6.92 Å². The number of thiazole rings is 1. The molecule has 4 fully saturated rings. The summed E-state index contributed by atoms with van der Waals surface area (Å²) in [6, 6.07) is 6.36. The molecular weight excluding hydrogens is 626 g/mol. The molecule has 13 heteroatoms. The molecule has 8 rings (SSSR count). The lowest BCUT2D eigenvalue weighted by Crippen LogP contribution is -2.54. The first-order valence-electron chi connectivity index (χ1n) is 16.9. The number of piperidine rings is 1. The zero-order chi connectivity index (χ0) is 32.9. The Kier molecular flexibility index (Phi) is 8.79. The first-order chi connectivity index (χ1) is 22.5. The van der Waals surface area contributed by atoms with Gasteiger partial charge < -0.3 is 25.3 Å². The van der Waals surface area contributed by atoms with Gasteiger partial charge in [-0.05, 0) is 57.6 Å². The van der Waals surface area contributed by atoms with Gasteiger partial charge in [-0.15, -0.1) is 11.3 Å². The highest BCUT2D eigenvalue weighted by Crippen LogP contribution is 2.36. The van der Waals surface area contributed by atoms with Gasteiger partial charge in [0.15, 0.2) is 0 Å². The van der Waals surface area contributed by atoms with E-state index in [0.29, 0.717) is 37.9 Å². The lowest BCUT2D eigenvalue weighted by molar-refractivity contribution is -0.146. The summed E-state index contributed by atoms with van der Waals surface area (Å²) in [5.41, 5.74) is 1.18. The first-order valence-corrected chi connectivity index (χ1v) is 17.7. The number of aryl methyl sites for hydroxylation is 1. The standard InChI is InChI=1S/C34H42F2N6O4S/c1-20-26-17-29(43)38-25-16-28(41(19-25)31(44)22-5-3-2-4-6-22)33(46)42-18-24(37-23-7-11-34(35,36)12-8-23)15-27(42)32(45)40-13-9-21(10-14-40)30(39-26)47-20/h2-6,21,23-25,27-28,37H,7-19H2,1H3,(H,38,43)/t24-,25-,27-,28-/m0/s1. The second-order valence-electron chi connectivity index (χ2n) is 13.9. The highest BCUT2D eigenvalue weighted by atomic mass is 32.1. The van der Waals surface area contributed by atoms with Crippen molar-refractivity contribution in [2.45, 2.75) is 107 Å². The number of alkyl halides is 2. The summed E-state index contributed by atoms with van der Waals surface area (Å²) < 4.78 is 27.8. The summed E-state index contributed by atoms with van der Waals surface area (Å²) in [7, 11) is 0.